The third kappa shape index (κ3) is 9.96. The maximum absolute atomic E-state index is 13.7. The lowest BCUT2D eigenvalue weighted by Crippen LogP contribution is -2.45. The number of nitrogens with zero attached hydrogens (tertiary/aromatic N) is 2. The average Bonchev–Trinajstić information content (AvgIpc) is 3.17. The van der Waals surface area contributed by atoms with Crippen LogP contribution in [0.3, 0.4) is 0 Å². The summed E-state index contributed by atoms with van der Waals surface area (Å²) in [5, 5.41) is 38.1. The summed E-state index contributed by atoms with van der Waals surface area (Å²) >= 11 is 0. The van der Waals surface area contributed by atoms with Crippen LogP contribution in [-0.4, -0.2) is 92.4 Å². The normalized spacial score (nSPS) is 11.9. The molecule has 0 aliphatic heterocycles. The van der Waals surface area contributed by atoms with Crippen molar-refractivity contribution >= 4 is 55.8 Å². The van der Waals surface area contributed by atoms with Crippen molar-refractivity contribution in [2.24, 2.45) is 5.41 Å². The van der Waals surface area contributed by atoms with Gasteiger partial charge in [0, 0.05) is 35.4 Å². The van der Waals surface area contributed by atoms with Crippen molar-refractivity contribution in [3.05, 3.63) is 95.2 Å². The number of carbonyl (C=O) groups excluding carboxylic acids is 2. The van der Waals surface area contributed by atoms with Gasteiger partial charge in [-0.25, -0.2) is 18.4 Å². The minimum absolute atomic E-state index is 0.150. The van der Waals surface area contributed by atoms with E-state index in [0.29, 0.717) is 28.4 Å². The van der Waals surface area contributed by atoms with Gasteiger partial charge in [-0.15, -0.1) is 0 Å². The number of amides is 2. The third-order valence-corrected chi connectivity index (χ3v) is 10.0. The first-order chi connectivity index (χ1) is 26.9. The second-order valence-electron chi connectivity index (χ2n) is 14.9. The summed E-state index contributed by atoms with van der Waals surface area (Å²) < 4.78 is 37.9. The summed E-state index contributed by atoms with van der Waals surface area (Å²) in [7, 11) is -0.818. The lowest BCUT2D eigenvalue weighted by molar-refractivity contribution is 0.00698. The van der Waals surface area contributed by atoms with Gasteiger partial charge in [0.1, 0.15) is 5.75 Å². The van der Waals surface area contributed by atoms with Gasteiger partial charge in [-0.3, -0.25) is 14.3 Å². The Kier molecular flexibility index (Phi) is 12.7. The molecule has 16 heteroatoms. The van der Waals surface area contributed by atoms with E-state index in [4.69, 9.17) is 9.47 Å². The van der Waals surface area contributed by atoms with Gasteiger partial charge < -0.3 is 40.7 Å². The van der Waals surface area contributed by atoms with Crippen molar-refractivity contribution in [1.82, 2.24) is 15.3 Å². The van der Waals surface area contributed by atoms with Crippen LogP contribution in [0, 0.1) is 12.3 Å². The van der Waals surface area contributed by atoms with Crippen LogP contribution in [0.5, 0.6) is 11.5 Å². The van der Waals surface area contributed by atoms with Crippen LogP contribution >= 0.6 is 0 Å². The van der Waals surface area contributed by atoms with E-state index in [1.165, 1.54) is 14.2 Å². The van der Waals surface area contributed by atoms with Crippen molar-refractivity contribution < 1.29 is 42.8 Å². The quantitative estimate of drug-likeness (QED) is 0.0746. The van der Waals surface area contributed by atoms with Gasteiger partial charge >= 0.3 is 0 Å². The van der Waals surface area contributed by atoms with Crippen molar-refractivity contribution in [2.75, 3.05) is 62.2 Å². The summed E-state index contributed by atoms with van der Waals surface area (Å²) in [5.41, 5.74) is 4.04. The number of methoxy groups -OCH3 is 2. The van der Waals surface area contributed by atoms with Crippen LogP contribution in [0.15, 0.2) is 72.9 Å². The largest absolute Gasteiger partial charge is 0.496 e. The van der Waals surface area contributed by atoms with Crippen molar-refractivity contribution in [2.45, 2.75) is 33.1 Å². The van der Waals surface area contributed by atoms with Crippen molar-refractivity contribution in [3.63, 3.8) is 0 Å². The van der Waals surface area contributed by atoms with Gasteiger partial charge in [0.25, 0.3) is 11.8 Å². The Morgan fingerprint density at radius 2 is 1.54 bits per heavy atom. The Morgan fingerprint density at radius 3 is 2.18 bits per heavy atom. The Bertz CT molecular complexity index is 2400. The molecule has 0 bridgehead atoms. The Hall–Kier alpha value is -5.81. The Labute approximate surface area is 331 Å². The molecule has 1 heterocycles. The van der Waals surface area contributed by atoms with E-state index in [1.807, 2.05) is 52.0 Å². The standard InChI is InChI=1S/C41H48N6O9S/c1-24-8-9-26(37(51)45-33-16-28(40(2,3)4)17-34(36(33)56-6)47-57(7,53)54)15-31(24)25-10-13-32-27(14-25)19-42-39(46-32)44-29-11-12-30(35(18-29)55-5)38(52)43-20-41(21-48,22-49)23-50/h8-19,47-50H,20-23H2,1-7H3,(H,43,52)(H,45,51)(H,42,44,46). The van der Waals surface area contributed by atoms with Gasteiger partial charge in [-0.1, -0.05) is 32.9 Å². The molecule has 0 saturated carbocycles. The molecule has 0 atom stereocenters. The summed E-state index contributed by atoms with van der Waals surface area (Å²) in [6.07, 6.45) is 2.72. The fourth-order valence-corrected chi connectivity index (χ4v) is 6.50. The number of hydrogen-bond acceptors (Lipinski definition) is 12. The smallest absolute Gasteiger partial charge is 0.255 e. The van der Waals surface area contributed by atoms with E-state index in [9.17, 15) is 33.3 Å². The summed E-state index contributed by atoms with van der Waals surface area (Å²) in [6.45, 7) is 6.20. The van der Waals surface area contributed by atoms with Crippen LogP contribution in [0.4, 0.5) is 23.0 Å². The molecule has 2 amide bonds. The molecule has 302 valence electrons. The number of aliphatic hydroxyl groups is 3. The zero-order chi connectivity index (χ0) is 41.7. The number of anilines is 4. The highest BCUT2D eigenvalue weighted by Gasteiger charge is 2.29. The SMILES string of the molecule is COc1cc(Nc2ncc3cc(-c4cc(C(=O)Nc5cc(C(C)(C)C)cc(NS(C)(=O)=O)c5OC)ccc4C)ccc3n2)ccc1C(=O)NCC(CO)(CO)CO. The van der Waals surface area contributed by atoms with Gasteiger partial charge in [0.05, 0.1) is 68.2 Å². The molecule has 4 aromatic carbocycles. The Balaban J connectivity index is 1.36. The van der Waals surface area contributed by atoms with Gasteiger partial charge in [-0.05, 0) is 83.1 Å². The molecule has 0 aliphatic rings. The molecule has 0 saturated heterocycles. The number of aromatic nitrogens is 2. The van der Waals surface area contributed by atoms with Crippen LogP contribution in [0.25, 0.3) is 22.0 Å². The van der Waals surface area contributed by atoms with Crippen LogP contribution in [0.1, 0.15) is 52.6 Å². The fraction of sp³-hybridized carbons (Fsp3) is 0.317. The first kappa shape index (κ1) is 42.3. The zero-order valence-electron chi connectivity index (χ0n) is 32.9. The third-order valence-electron chi connectivity index (χ3n) is 9.43. The average molecular weight is 801 g/mol. The molecule has 5 aromatic rings. The van der Waals surface area contributed by atoms with E-state index in [0.717, 1.165) is 33.9 Å². The molecular formula is C41H48N6O9S. The minimum Gasteiger partial charge on any atom is -0.496 e. The van der Waals surface area contributed by atoms with Crippen LogP contribution in [-0.2, 0) is 15.4 Å². The maximum Gasteiger partial charge on any atom is 0.255 e. The topological polar surface area (TPSA) is 221 Å². The molecule has 0 unspecified atom stereocenters. The van der Waals surface area contributed by atoms with Gasteiger partial charge in [-0.2, -0.15) is 0 Å². The number of benzene rings is 4. The first-order valence-corrected chi connectivity index (χ1v) is 19.8. The highest BCUT2D eigenvalue weighted by molar-refractivity contribution is 7.92. The predicted octanol–water partition coefficient (Wildman–Crippen LogP) is 4.98. The number of aliphatic hydroxyl groups excluding tert-OH is 3. The predicted molar refractivity (Wildman–Crippen MR) is 220 cm³/mol. The maximum atomic E-state index is 13.7. The van der Waals surface area contributed by atoms with Gasteiger partial charge in [0.2, 0.25) is 16.0 Å². The molecule has 5 rings (SSSR count). The molecule has 7 N–H and O–H groups in total. The van der Waals surface area contributed by atoms with Gasteiger partial charge in [0.15, 0.2) is 5.75 Å². The number of sulfonamides is 1. The second-order valence-corrected chi connectivity index (χ2v) is 16.6. The number of ether oxygens (including phenoxy) is 2. The number of aryl methyl sites for hydroxylation is 1. The molecule has 0 spiro atoms. The molecule has 57 heavy (non-hydrogen) atoms. The van der Waals surface area contributed by atoms with Crippen molar-refractivity contribution in [3.8, 4) is 22.6 Å². The van der Waals surface area contributed by atoms with Crippen LogP contribution < -0.4 is 30.1 Å². The second kappa shape index (κ2) is 17.1. The minimum atomic E-state index is -3.65. The molecule has 0 aliphatic carbocycles. The summed E-state index contributed by atoms with van der Waals surface area (Å²) in [6, 6.07) is 19.3. The lowest BCUT2D eigenvalue weighted by atomic mass is 9.86. The van der Waals surface area contributed by atoms with E-state index < -0.39 is 47.1 Å². The number of carbonyl (C=O) groups is 2. The van der Waals surface area contributed by atoms with Crippen LogP contribution in [0.2, 0.25) is 0 Å². The monoisotopic (exact) mass is 800 g/mol. The van der Waals surface area contributed by atoms with E-state index in [1.54, 1.807) is 48.7 Å². The van der Waals surface area contributed by atoms with E-state index in [2.05, 4.69) is 30.6 Å². The molecular weight excluding hydrogens is 753 g/mol. The Morgan fingerprint density at radius 1 is 0.842 bits per heavy atom. The number of hydrogen-bond donors (Lipinski definition) is 7. The van der Waals surface area contributed by atoms with E-state index in [-0.39, 0.29) is 34.7 Å². The highest BCUT2D eigenvalue weighted by Crippen LogP contribution is 2.39. The number of rotatable bonds is 15. The zero-order valence-corrected chi connectivity index (χ0v) is 33.7. The van der Waals surface area contributed by atoms with E-state index >= 15 is 0 Å². The number of fused-ring (bicyclic) bond motifs is 1. The highest BCUT2D eigenvalue weighted by atomic mass is 32.2. The first-order valence-electron chi connectivity index (χ1n) is 17.9. The lowest BCUT2D eigenvalue weighted by Gasteiger charge is -2.27. The molecule has 0 radical (unpaired) electrons. The molecule has 1 aromatic heterocycles. The summed E-state index contributed by atoms with van der Waals surface area (Å²) in [5.74, 6) is -0.196. The molecule has 15 nitrogen and oxygen atoms in total. The van der Waals surface area contributed by atoms with Crippen molar-refractivity contribution in [1.29, 1.82) is 0 Å². The summed E-state index contributed by atoms with van der Waals surface area (Å²) in [4.78, 5) is 35.8. The molecule has 0 fully saturated rings. The fourth-order valence-electron chi connectivity index (χ4n) is 5.95. The number of nitrogens with one attached hydrogen (secondary N) is 4.